The largest absolute Gasteiger partial charge is 0.483 e. The number of anilines is 1. The lowest BCUT2D eigenvalue weighted by molar-refractivity contribution is -0.118. The summed E-state index contributed by atoms with van der Waals surface area (Å²) in [6.07, 6.45) is 0. The van der Waals surface area contributed by atoms with Crippen LogP contribution in [-0.2, 0) is 4.79 Å². The first-order valence-corrected chi connectivity index (χ1v) is 6.74. The zero-order valence-corrected chi connectivity index (χ0v) is 11.6. The summed E-state index contributed by atoms with van der Waals surface area (Å²) in [7, 11) is 0. The predicted octanol–water partition coefficient (Wildman–Crippen LogP) is 2.77. The Morgan fingerprint density at radius 1 is 1.30 bits per heavy atom. The minimum absolute atomic E-state index is 0.163. The van der Waals surface area contributed by atoms with Gasteiger partial charge in [-0.15, -0.1) is 11.3 Å². The number of hydrogen-bond donors (Lipinski definition) is 2. The first kappa shape index (κ1) is 14.1. The van der Waals surface area contributed by atoms with Gasteiger partial charge in [0.1, 0.15) is 10.6 Å². The normalized spacial score (nSPS) is 10.1. The van der Waals surface area contributed by atoms with Crippen LogP contribution in [0, 0.1) is 6.92 Å². The van der Waals surface area contributed by atoms with Gasteiger partial charge in [0.2, 0.25) is 0 Å². The molecule has 0 aliphatic rings. The highest BCUT2D eigenvalue weighted by Crippen LogP contribution is 2.21. The van der Waals surface area contributed by atoms with Crippen molar-refractivity contribution in [2.45, 2.75) is 6.92 Å². The number of hydrogen-bond acceptors (Lipinski definition) is 4. The third-order valence-corrected chi connectivity index (χ3v) is 3.39. The van der Waals surface area contributed by atoms with Crippen molar-refractivity contribution in [1.29, 1.82) is 0 Å². The summed E-state index contributed by atoms with van der Waals surface area (Å²) >= 11 is 1.06. The first-order valence-electron chi connectivity index (χ1n) is 5.86. The van der Waals surface area contributed by atoms with Gasteiger partial charge in [-0.25, -0.2) is 4.79 Å². The van der Waals surface area contributed by atoms with Crippen molar-refractivity contribution < 1.29 is 19.4 Å². The third kappa shape index (κ3) is 3.83. The second-order valence-electron chi connectivity index (χ2n) is 4.15. The average molecular weight is 291 g/mol. The number of carbonyl (C=O) groups is 2. The van der Waals surface area contributed by atoms with Crippen LogP contribution in [0.2, 0.25) is 0 Å². The summed E-state index contributed by atoms with van der Waals surface area (Å²) in [6, 6.07) is 8.80. The molecule has 0 unspecified atom stereocenters. The molecule has 20 heavy (non-hydrogen) atoms. The van der Waals surface area contributed by atoms with E-state index in [1.807, 2.05) is 19.1 Å². The molecule has 1 amide bonds. The Kier molecular flexibility index (Phi) is 4.37. The number of ether oxygens (including phenoxy) is 1. The van der Waals surface area contributed by atoms with Crippen molar-refractivity contribution in [2.24, 2.45) is 0 Å². The maximum atomic E-state index is 11.7. The summed E-state index contributed by atoms with van der Waals surface area (Å²) < 4.78 is 5.23. The highest BCUT2D eigenvalue weighted by Gasteiger charge is 2.09. The Labute approximate surface area is 119 Å². The van der Waals surface area contributed by atoms with Crippen molar-refractivity contribution >= 4 is 28.9 Å². The number of thiophene rings is 1. The summed E-state index contributed by atoms with van der Waals surface area (Å²) in [5.74, 6) is -0.919. The van der Waals surface area contributed by atoms with Crippen molar-refractivity contribution in [3.8, 4) is 5.75 Å². The van der Waals surface area contributed by atoms with Gasteiger partial charge in [-0.05, 0) is 19.1 Å². The van der Waals surface area contributed by atoms with E-state index < -0.39 is 5.97 Å². The summed E-state index contributed by atoms with van der Waals surface area (Å²) in [5, 5.41) is 13.0. The van der Waals surface area contributed by atoms with Gasteiger partial charge in [0, 0.05) is 17.1 Å². The van der Waals surface area contributed by atoms with Gasteiger partial charge in [-0.2, -0.15) is 0 Å². The Morgan fingerprint density at radius 2 is 2.00 bits per heavy atom. The zero-order chi connectivity index (χ0) is 14.5. The smallest absolute Gasteiger partial charge is 0.346 e. The van der Waals surface area contributed by atoms with Crippen molar-refractivity contribution in [1.82, 2.24) is 0 Å². The Balaban J connectivity index is 1.85. The van der Waals surface area contributed by atoms with E-state index in [4.69, 9.17) is 9.84 Å². The highest BCUT2D eigenvalue weighted by atomic mass is 32.1. The van der Waals surface area contributed by atoms with Crippen LogP contribution < -0.4 is 10.1 Å². The second-order valence-corrected chi connectivity index (χ2v) is 5.07. The van der Waals surface area contributed by atoms with Gasteiger partial charge >= 0.3 is 5.97 Å². The number of rotatable bonds is 5. The van der Waals surface area contributed by atoms with Crippen LogP contribution in [0.3, 0.4) is 0 Å². The number of amides is 1. The Hall–Kier alpha value is -2.34. The van der Waals surface area contributed by atoms with Crippen molar-refractivity contribution in [2.75, 3.05) is 11.9 Å². The molecule has 2 aromatic rings. The topological polar surface area (TPSA) is 75.6 Å². The molecule has 2 N–H and O–H groups in total. The lowest BCUT2D eigenvalue weighted by atomic mass is 10.2. The van der Waals surface area contributed by atoms with Gasteiger partial charge in [0.15, 0.2) is 6.61 Å². The van der Waals surface area contributed by atoms with Crippen LogP contribution in [0.4, 0.5) is 5.69 Å². The van der Waals surface area contributed by atoms with E-state index in [0.717, 1.165) is 16.9 Å². The average Bonchev–Trinajstić information content (AvgIpc) is 2.88. The van der Waals surface area contributed by atoms with Gasteiger partial charge in [0.05, 0.1) is 0 Å². The molecular weight excluding hydrogens is 278 g/mol. The van der Waals surface area contributed by atoms with E-state index in [9.17, 15) is 9.59 Å². The zero-order valence-electron chi connectivity index (χ0n) is 10.8. The highest BCUT2D eigenvalue weighted by molar-refractivity contribution is 7.12. The molecule has 0 radical (unpaired) electrons. The van der Waals surface area contributed by atoms with E-state index in [1.165, 1.54) is 6.07 Å². The van der Waals surface area contributed by atoms with Crippen LogP contribution in [0.1, 0.15) is 15.2 Å². The molecule has 0 aliphatic heterocycles. The molecule has 6 heteroatoms. The molecule has 0 fully saturated rings. The Morgan fingerprint density at radius 3 is 2.60 bits per heavy atom. The lowest BCUT2D eigenvalue weighted by Gasteiger charge is -2.06. The lowest BCUT2D eigenvalue weighted by Crippen LogP contribution is -2.19. The number of nitrogens with one attached hydrogen (secondary N) is 1. The van der Waals surface area contributed by atoms with Crippen LogP contribution in [0.15, 0.2) is 35.7 Å². The summed E-state index contributed by atoms with van der Waals surface area (Å²) in [4.78, 5) is 22.5. The van der Waals surface area contributed by atoms with E-state index in [-0.39, 0.29) is 17.4 Å². The molecule has 0 spiro atoms. The summed E-state index contributed by atoms with van der Waals surface area (Å²) in [6.45, 7) is 1.80. The molecule has 0 saturated heterocycles. The van der Waals surface area contributed by atoms with E-state index in [0.29, 0.717) is 11.4 Å². The Bertz CT molecular complexity index is 618. The molecule has 5 nitrogen and oxygen atoms in total. The van der Waals surface area contributed by atoms with Crippen LogP contribution >= 0.6 is 11.3 Å². The number of aromatic carboxylic acids is 1. The first-order chi connectivity index (χ1) is 9.54. The van der Waals surface area contributed by atoms with Gasteiger partial charge in [0.25, 0.3) is 5.91 Å². The third-order valence-electron chi connectivity index (χ3n) is 2.49. The molecule has 0 aliphatic carbocycles. The summed E-state index contributed by atoms with van der Waals surface area (Å²) in [5.41, 5.74) is 1.81. The fourth-order valence-electron chi connectivity index (χ4n) is 1.49. The van der Waals surface area contributed by atoms with Crippen molar-refractivity contribution in [3.05, 3.63) is 46.2 Å². The molecule has 1 heterocycles. The van der Waals surface area contributed by atoms with E-state index in [2.05, 4.69) is 5.32 Å². The molecule has 0 saturated carbocycles. The van der Waals surface area contributed by atoms with E-state index >= 15 is 0 Å². The predicted molar refractivity (Wildman–Crippen MR) is 76.6 cm³/mol. The van der Waals surface area contributed by atoms with Gasteiger partial charge in [-0.1, -0.05) is 17.7 Å². The van der Waals surface area contributed by atoms with Crippen LogP contribution in [0.5, 0.6) is 5.75 Å². The number of benzene rings is 1. The van der Waals surface area contributed by atoms with Gasteiger partial charge in [-0.3, -0.25) is 4.79 Å². The maximum absolute atomic E-state index is 11.7. The van der Waals surface area contributed by atoms with Crippen LogP contribution in [0.25, 0.3) is 0 Å². The molecule has 2 rings (SSSR count). The second kappa shape index (κ2) is 6.21. The molecular formula is C14H13NO4S. The number of carboxylic acid groups (broad SMARTS) is 1. The molecule has 1 aromatic heterocycles. The molecule has 0 atom stereocenters. The quantitative estimate of drug-likeness (QED) is 0.888. The molecule has 104 valence electrons. The maximum Gasteiger partial charge on any atom is 0.346 e. The molecule has 0 bridgehead atoms. The van der Waals surface area contributed by atoms with Gasteiger partial charge < -0.3 is 15.2 Å². The van der Waals surface area contributed by atoms with Crippen LogP contribution in [-0.4, -0.2) is 23.6 Å². The number of aryl methyl sites for hydroxylation is 1. The fourth-order valence-corrected chi connectivity index (χ4v) is 2.15. The minimum Gasteiger partial charge on any atom is -0.483 e. The monoisotopic (exact) mass is 291 g/mol. The number of carboxylic acids is 1. The number of carbonyl (C=O) groups excluding carboxylic acids is 1. The van der Waals surface area contributed by atoms with Crippen molar-refractivity contribution in [3.63, 3.8) is 0 Å². The molecule has 1 aromatic carbocycles. The standard InChI is InChI=1S/C14H13NO4S/c1-9-2-4-10(5-3-9)15-13(16)7-19-11-6-12(14(17)18)20-8-11/h2-6,8H,7H2,1H3,(H,15,16)(H,17,18). The fraction of sp³-hybridized carbons (Fsp3) is 0.143. The van der Waals surface area contributed by atoms with E-state index in [1.54, 1.807) is 17.5 Å². The minimum atomic E-state index is -1.01. The SMILES string of the molecule is Cc1ccc(NC(=O)COc2csc(C(=O)O)c2)cc1.